The van der Waals surface area contributed by atoms with Crippen LogP contribution in [0, 0.1) is 16.0 Å². The Morgan fingerprint density at radius 1 is 0.538 bits per heavy atom. The largest absolute Gasteiger partial charge is 0.514 e. The van der Waals surface area contributed by atoms with Crippen molar-refractivity contribution in [2.45, 2.75) is 95.7 Å². The van der Waals surface area contributed by atoms with Gasteiger partial charge in [0.05, 0.1) is 36.1 Å². The van der Waals surface area contributed by atoms with Gasteiger partial charge in [-0.25, -0.2) is 9.59 Å². The molecule has 0 bridgehead atoms. The number of rotatable bonds is 25. The lowest BCUT2D eigenvalue weighted by Gasteiger charge is -2.22. The first-order valence-corrected chi connectivity index (χ1v) is 27.6. The van der Waals surface area contributed by atoms with Crippen molar-refractivity contribution in [1.82, 2.24) is 20.3 Å². The molecule has 0 unspecified atom stereocenters. The van der Waals surface area contributed by atoms with E-state index in [4.69, 9.17) is 30.4 Å². The fourth-order valence-corrected chi connectivity index (χ4v) is 9.39. The van der Waals surface area contributed by atoms with Crippen molar-refractivity contribution in [3.8, 4) is 5.75 Å². The van der Waals surface area contributed by atoms with Gasteiger partial charge in [-0.3, -0.25) is 29.9 Å². The number of nitrogens with two attached hydrogens (primary N) is 2. The topological polar surface area (TPSA) is 234 Å². The monoisotopic (exact) mass is 1230 g/mol. The number of nitrogens with zero attached hydrogens (tertiary/aromatic N) is 4. The number of nitro groups is 1. The molecular weight excluding hydrogens is 1160 g/mol. The molecular formula is C58H64IN7O9S3. The van der Waals surface area contributed by atoms with Crippen LogP contribution in [0.4, 0.5) is 15.3 Å². The minimum Gasteiger partial charge on any atom is -0.460 e. The van der Waals surface area contributed by atoms with Crippen molar-refractivity contribution in [3.63, 3.8) is 0 Å². The van der Waals surface area contributed by atoms with Crippen LogP contribution in [0.5, 0.6) is 5.75 Å². The molecule has 3 aromatic heterocycles. The molecule has 410 valence electrons. The normalized spacial score (nSPS) is 12.0. The van der Waals surface area contributed by atoms with Crippen molar-refractivity contribution in [3.05, 3.63) is 228 Å². The first-order chi connectivity index (χ1) is 37.5. The number of ether oxygens (including phenoxy) is 4. The fourth-order valence-electron chi connectivity index (χ4n) is 7.87. The van der Waals surface area contributed by atoms with E-state index in [0.29, 0.717) is 19.3 Å². The molecule has 8 aromatic rings. The van der Waals surface area contributed by atoms with Crippen molar-refractivity contribution in [2.75, 3.05) is 0 Å². The van der Waals surface area contributed by atoms with Crippen molar-refractivity contribution in [2.24, 2.45) is 17.4 Å². The fraction of sp³-hybridized carbons (Fsp3) is 0.276. The van der Waals surface area contributed by atoms with E-state index in [1.807, 2.05) is 48.5 Å². The van der Waals surface area contributed by atoms with Crippen LogP contribution in [0.3, 0.4) is 0 Å². The van der Waals surface area contributed by atoms with Gasteiger partial charge in [-0.15, -0.1) is 58.0 Å². The second-order valence-electron chi connectivity index (χ2n) is 17.9. The molecule has 0 aliphatic carbocycles. The molecule has 0 saturated carbocycles. The highest BCUT2D eigenvalue weighted by molar-refractivity contribution is 14.0. The highest BCUT2D eigenvalue weighted by atomic mass is 127. The number of hydrogen-bond donors (Lipinski definition) is 3. The van der Waals surface area contributed by atoms with Gasteiger partial charge < -0.3 is 35.7 Å². The number of aromatic nitrogens is 3. The average molecular weight is 1230 g/mol. The molecule has 4 atom stereocenters. The van der Waals surface area contributed by atoms with Crippen LogP contribution in [-0.2, 0) is 64.5 Å². The van der Waals surface area contributed by atoms with Crippen molar-refractivity contribution in [1.29, 1.82) is 0 Å². The van der Waals surface area contributed by atoms with E-state index in [1.54, 1.807) is 35.1 Å². The van der Waals surface area contributed by atoms with Gasteiger partial charge in [0.25, 0.3) is 5.69 Å². The molecule has 1 amide bonds. The number of alkyl carbamates (subject to hydrolysis) is 1. The SMILES string of the molecule is I.N[C@H](CC[C@@H](N)Cc1ccccc1)Cc1ccccc1.O=C(C[C@H](CC[C@H](Cc1ccccc1)NC(=O)OCc1cncs1)Cc1ccccc1)OCc1cncs1.O=C(OCc1cncs1)Oc1ccc([N+](=O)[O-])cc1. The zero-order chi connectivity index (χ0) is 54.3. The molecule has 8 rings (SSSR count). The highest BCUT2D eigenvalue weighted by Gasteiger charge is 2.21. The summed E-state index contributed by atoms with van der Waals surface area (Å²) in [6.45, 7) is 0.513. The van der Waals surface area contributed by atoms with E-state index >= 15 is 0 Å². The lowest BCUT2D eigenvalue weighted by Crippen LogP contribution is -2.37. The Morgan fingerprint density at radius 2 is 0.962 bits per heavy atom. The predicted molar refractivity (Wildman–Crippen MR) is 316 cm³/mol. The van der Waals surface area contributed by atoms with Gasteiger partial charge in [0, 0.05) is 55.3 Å². The Labute approximate surface area is 483 Å². The molecule has 0 fully saturated rings. The number of nitro benzene ring substituents is 1. The molecule has 0 spiro atoms. The maximum atomic E-state index is 12.7. The Hall–Kier alpha value is -6.95. The smallest absolute Gasteiger partial charge is 0.460 e. The number of hydrogen-bond acceptors (Lipinski definition) is 17. The van der Waals surface area contributed by atoms with Crippen molar-refractivity contribution < 1.29 is 38.3 Å². The first kappa shape index (κ1) is 61.9. The quantitative estimate of drug-likeness (QED) is 0.0121. The third-order valence-electron chi connectivity index (χ3n) is 11.7. The van der Waals surface area contributed by atoms with E-state index in [2.05, 4.69) is 93.1 Å². The summed E-state index contributed by atoms with van der Waals surface area (Å²) in [6, 6.07) is 46.4. The maximum Gasteiger partial charge on any atom is 0.514 e. The van der Waals surface area contributed by atoms with Crippen molar-refractivity contribution >= 4 is 81.9 Å². The lowest BCUT2D eigenvalue weighted by molar-refractivity contribution is -0.384. The minimum absolute atomic E-state index is 0. The van der Waals surface area contributed by atoms with Gasteiger partial charge in [0.15, 0.2) is 0 Å². The van der Waals surface area contributed by atoms with E-state index in [1.165, 1.54) is 75.0 Å². The number of non-ortho nitro benzene ring substituents is 1. The van der Waals surface area contributed by atoms with E-state index in [0.717, 1.165) is 58.7 Å². The Balaban J connectivity index is 0.000000236. The van der Waals surface area contributed by atoms with Crippen LogP contribution in [0.15, 0.2) is 181 Å². The van der Waals surface area contributed by atoms with Gasteiger partial charge in [-0.1, -0.05) is 121 Å². The van der Waals surface area contributed by atoms with Crippen LogP contribution < -0.4 is 21.5 Å². The Bertz CT molecular complexity index is 2730. The van der Waals surface area contributed by atoms with Gasteiger partial charge >= 0.3 is 18.2 Å². The number of benzene rings is 5. The molecule has 5 N–H and O–H groups in total. The summed E-state index contributed by atoms with van der Waals surface area (Å²) in [4.78, 5) is 61.1. The van der Waals surface area contributed by atoms with Gasteiger partial charge in [0.2, 0.25) is 0 Å². The Kier molecular flexibility index (Phi) is 28.1. The molecule has 0 saturated heterocycles. The number of esters is 1. The zero-order valence-corrected chi connectivity index (χ0v) is 47.6. The van der Waals surface area contributed by atoms with Gasteiger partial charge in [-0.05, 0) is 91.7 Å². The summed E-state index contributed by atoms with van der Waals surface area (Å²) in [6.07, 6.45) is 10.7. The second kappa shape index (κ2) is 35.5. The van der Waals surface area contributed by atoms with Crippen LogP contribution in [0.2, 0.25) is 0 Å². The number of carbonyl (C=O) groups excluding carboxylic acids is 3. The number of carbonyl (C=O) groups is 3. The molecule has 0 radical (unpaired) electrons. The average Bonchev–Trinajstić information content (AvgIpc) is 4.29. The molecule has 20 heteroatoms. The second-order valence-corrected chi connectivity index (χ2v) is 20.8. The number of thiazole rings is 3. The van der Waals surface area contributed by atoms with E-state index in [9.17, 15) is 24.5 Å². The van der Waals surface area contributed by atoms with Gasteiger partial charge in [0.1, 0.15) is 25.6 Å². The third kappa shape index (κ3) is 25.0. The lowest BCUT2D eigenvalue weighted by atomic mass is 9.89. The van der Waals surface area contributed by atoms with Crippen LogP contribution >= 0.6 is 58.0 Å². The first-order valence-electron chi connectivity index (χ1n) is 25.0. The number of nitrogens with one attached hydrogen (secondary N) is 1. The molecule has 0 aliphatic heterocycles. The summed E-state index contributed by atoms with van der Waals surface area (Å²) >= 11 is 4.27. The Morgan fingerprint density at radius 3 is 1.40 bits per heavy atom. The summed E-state index contributed by atoms with van der Waals surface area (Å²) in [7, 11) is 0. The molecule has 5 aromatic carbocycles. The summed E-state index contributed by atoms with van der Waals surface area (Å²) in [5, 5.41) is 13.5. The van der Waals surface area contributed by atoms with Gasteiger partial charge in [-0.2, -0.15) is 0 Å². The zero-order valence-electron chi connectivity index (χ0n) is 42.9. The number of halogens is 1. The molecule has 3 heterocycles. The van der Waals surface area contributed by atoms with E-state index in [-0.39, 0.29) is 85.2 Å². The summed E-state index contributed by atoms with van der Waals surface area (Å²) < 4.78 is 20.6. The minimum atomic E-state index is -0.873. The van der Waals surface area contributed by atoms with E-state index < -0.39 is 17.2 Å². The highest BCUT2D eigenvalue weighted by Crippen LogP contribution is 2.23. The van der Waals surface area contributed by atoms with Crippen LogP contribution in [-0.4, -0.2) is 56.2 Å². The molecule has 0 aliphatic rings. The van der Waals surface area contributed by atoms with Crippen LogP contribution in [0.1, 0.15) is 69.0 Å². The molecule has 78 heavy (non-hydrogen) atoms. The predicted octanol–water partition coefficient (Wildman–Crippen LogP) is 12.5. The maximum absolute atomic E-state index is 12.7. The number of amides is 1. The standard InChI is InChI=1S/C29H31N3O4S2.C18H24N2.C11H8N2O5S.HI/c33-28(35-18-26-16-30-20-37-26)15-24(13-22-7-3-1-4-8-22)11-12-25(14-23-9-5-2-6-10-23)32-29(34)36-19-27-17-31-21-38-27;19-17(13-15-7-3-1-4-8-15)11-12-18(20)14-16-9-5-2-6-10-16;14-11(17-6-10-5-12-7-19-10)18-9-3-1-8(2-4-9)13(15)16;/h1-10,16-17,20-21,24-25H,11-15,18-19H2,(H,32,34);1-10,17-18H,11-14,19-20H2;1-5,7H,6H2;1H/t24-,25-;17-,18-;;/m11../s1. The summed E-state index contributed by atoms with van der Waals surface area (Å²) in [5.74, 6) is 0.0235. The van der Waals surface area contributed by atoms with Crippen LogP contribution in [0.25, 0.3) is 0 Å². The summed E-state index contributed by atoms with van der Waals surface area (Å²) in [5.41, 5.74) is 22.3. The third-order valence-corrected chi connectivity index (χ3v) is 14.0. The molecule has 16 nitrogen and oxygen atoms in total.